The number of carbonyl (C=O) groups excluding carboxylic acids is 2. The van der Waals surface area contributed by atoms with Crippen molar-refractivity contribution >= 4 is 11.8 Å². The van der Waals surface area contributed by atoms with Gasteiger partial charge in [0.05, 0.1) is 12.1 Å². The van der Waals surface area contributed by atoms with Gasteiger partial charge >= 0.3 is 0 Å². The van der Waals surface area contributed by atoms with E-state index in [2.05, 4.69) is 17.6 Å². The molecule has 0 bridgehead atoms. The quantitative estimate of drug-likeness (QED) is 0.835. The van der Waals surface area contributed by atoms with Crippen LogP contribution < -0.4 is 16.2 Å². The van der Waals surface area contributed by atoms with E-state index in [1.165, 1.54) is 24.1 Å². The molecule has 2 amide bonds. The van der Waals surface area contributed by atoms with Crippen LogP contribution in [0.4, 0.5) is 0 Å². The SMILES string of the molecule is CNC(=O)c1cc(C(=O)NC2CCCC(C)C2)cn(Cc2ccccc2)c1=O. The number of pyridine rings is 1. The average Bonchev–Trinajstić information content (AvgIpc) is 2.69. The number of benzene rings is 1. The highest BCUT2D eigenvalue weighted by atomic mass is 16.2. The van der Waals surface area contributed by atoms with Gasteiger partial charge in [0, 0.05) is 19.3 Å². The fourth-order valence-corrected chi connectivity index (χ4v) is 3.79. The maximum absolute atomic E-state index is 12.8. The fourth-order valence-electron chi connectivity index (χ4n) is 3.79. The van der Waals surface area contributed by atoms with Crippen LogP contribution in [0.3, 0.4) is 0 Å². The van der Waals surface area contributed by atoms with Crippen molar-refractivity contribution in [3.63, 3.8) is 0 Å². The Balaban J connectivity index is 1.91. The number of nitrogens with one attached hydrogen (secondary N) is 2. The molecule has 6 nitrogen and oxygen atoms in total. The van der Waals surface area contributed by atoms with Crippen LogP contribution in [-0.2, 0) is 6.54 Å². The molecule has 1 saturated carbocycles. The van der Waals surface area contributed by atoms with E-state index < -0.39 is 11.5 Å². The predicted molar refractivity (Wildman–Crippen MR) is 109 cm³/mol. The second-order valence-corrected chi connectivity index (χ2v) is 7.58. The summed E-state index contributed by atoms with van der Waals surface area (Å²) in [5.41, 5.74) is 0.813. The molecule has 2 N–H and O–H groups in total. The third-order valence-corrected chi connectivity index (χ3v) is 5.29. The highest BCUT2D eigenvalue weighted by molar-refractivity contribution is 5.99. The van der Waals surface area contributed by atoms with E-state index >= 15 is 0 Å². The van der Waals surface area contributed by atoms with Crippen molar-refractivity contribution in [2.24, 2.45) is 5.92 Å². The Hall–Kier alpha value is -2.89. The minimum atomic E-state index is -0.493. The summed E-state index contributed by atoms with van der Waals surface area (Å²) in [5.74, 6) is -0.147. The molecular formula is C22H27N3O3. The summed E-state index contributed by atoms with van der Waals surface area (Å²) in [7, 11) is 1.47. The second kappa shape index (κ2) is 8.87. The second-order valence-electron chi connectivity index (χ2n) is 7.58. The number of aromatic nitrogens is 1. The Morgan fingerprint density at radius 3 is 2.57 bits per heavy atom. The van der Waals surface area contributed by atoms with E-state index in [9.17, 15) is 14.4 Å². The van der Waals surface area contributed by atoms with Gasteiger partial charge in [0.15, 0.2) is 0 Å². The van der Waals surface area contributed by atoms with Gasteiger partial charge in [-0.05, 0) is 30.4 Å². The maximum Gasteiger partial charge on any atom is 0.263 e. The number of carbonyl (C=O) groups is 2. The highest BCUT2D eigenvalue weighted by Crippen LogP contribution is 2.23. The van der Waals surface area contributed by atoms with Crippen LogP contribution in [0.1, 0.15) is 58.9 Å². The first-order valence-electron chi connectivity index (χ1n) is 9.79. The van der Waals surface area contributed by atoms with E-state index in [0.29, 0.717) is 18.0 Å². The number of hydrogen-bond donors (Lipinski definition) is 2. The molecule has 1 aliphatic rings. The monoisotopic (exact) mass is 381 g/mol. The number of amides is 2. The Bertz CT molecular complexity index is 905. The van der Waals surface area contributed by atoms with Gasteiger partial charge in [-0.3, -0.25) is 14.4 Å². The van der Waals surface area contributed by atoms with Gasteiger partial charge in [-0.15, -0.1) is 0 Å². The molecule has 3 rings (SSSR count). The first-order chi connectivity index (χ1) is 13.5. The van der Waals surface area contributed by atoms with Crippen molar-refractivity contribution in [2.45, 2.75) is 45.2 Å². The van der Waals surface area contributed by atoms with Crippen molar-refractivity contribution in [1.82, 2.24) is 15.2 Å². The molecule has 148 valence electrons. The van der Waals surface area contributed by atoms with E-state index in [-0.39, 0.29) is 17.5 Å². The Morgan fingerprint density at radius 2 is 1.89 bits per heavy atom. The standard InChI is InChI=1S/C22H27N3O3/c1-15-7-6-10-18(11-15)24-20(26)17-12-19(21(27)23-2)22(28)25(14-17)13-16-8-4-3-5-9-16/h3-5,8-9,12,14-15,18H,6-7,10-11,13H2,1-2H3,(H,23,27)(H,24,26). The molecule has 1 heterocycles. The van der Waals surface area contributed by atoms with Crippen LogP contribution in [0.2, 0.25) is 0 Å². The van der Waals surface area contributed by atoms with Crippen LogP contribution >= 0.6 is 0 Å². The number of hydrogen-bond acceptors (Lipinski definition) is 3. The molecule has 1 aromatic heterocycles. The van der Waals surface area contributed by atoms with E-state index in [1.54, 1.807) is 6.20 Å². The van der Waals surface area contributed by atoms with Gasteiger partial charge in [0.25, 0.3) is 17.4 Å². The molecule has 0 aliphatic heterocycles. The molecule has 0 saturated heterocycles. The van der Waals surface area contributed by atoms with Gasteiger partial charge < -0.3 is 15.2 Å². The molecule has 1 aliphatic carbocycles. The molecule has 1 fully saturated rings. The molecule has 1 aromatic carbocycles. The summed E-state index contributed by atoms with van der Waals surface area (Å²) in [6.07, 6.45) is 5.75. The van der Waals surface area contributed by atoms with E-state index in [4.69, 9.17) is 0 Å². The third-order valence-electron chi connectivity index (χ3n) is 5.29. The molecule has 2 unspecified atom stereocenters. The minimum Gasteiger partial charge on any atom is -0.355 e. The predicted octanol–water partition coefficient (Wildman–Crippen LogP) is 2.56. The Labute approximate surface area is 165 Å². The van der Waals surface area contributed by atoms with Gasteiger partial charge in [-0.1, -0.05) is 50.1 Å². The highest BCUT2D eigenvalue weighted by Gasteiger charge is 2.22. The summed E-state index contributed by atoms with van der Waals surface area (Å²) in [5, 5.41) is 5.56. The average molecular weight is 381 g/mol. The third kappa shape index (κ3) is 4.68. The van der Waals surface area contributed by atoms with Gasteiger partial charge in [-0.2, -0.15) is 0 Å². The van der Waals surface area contributed by atoms with Crippen LogP contribution in [0.25, 0.3) is 0 Å². The topological polar surface area (TPSA) is 80.2 Å². The molecule has 2 aromatic rings. The fraction of sp³-hybridized carbons (Fsp3) is 0.409. The zero-order valence-corrected chi connectivity index (χ0v) is 16.4. The Morgan fingerprint density at radius 1 is 1.14 bits per heavy atom. The van der Waals surface area contributed by atoms with Crippen molar-refractivity contribution in [3.05, 3.63) is 69.6 Å². The zero-order chi connectivity index (χ0) is 20.1. The summed E-state index contributed by atoms with van der Waals surface area (Å²) in [6.45, 7) is 2.49. The van der Waals surface area contributed by atoms with Gasteiger partial charge in [0.1, 0.15) is 5.56 Å². The number of nitrogens with zero attached hydrogens (tertiary/aromatic N) is 1. The van der Waals surface area contributed by atoms with Crippen molar-refractivity contribution in [3.8, 4) is 0 Å². The molecule has 0 radical (unpaired) electrons. The number of rotatable bonds is 5. The largest absolute Gasteiger partial charge is 0.355 e. The van der Waals surface area contributed by atoms with Crippen molar-refractivity contribution in [2.75, 3.05) is 7.05 Å². The molecule has 0 spiro atoms. The van der Waals surface area contributed by atoms with Crippen molar-refractivity contribution in [1.29, 1.82) is 0 Å². The van der Waals surface area contributed by atoms with E-state index in [0.717, 1.165) is 24.8 Å². The van der Waals surface area contributed by atoms with Crippen LogP contribution in [0, 0.1) is 5.92 Å². The minimum absolute atomic E-state index is 0.0249. The summed E-state index contributed by atoms with van der Waals surface area (Å²) < 4.78 is 1.43. The Kier molecular flexibility index (Phi) is 6.29. The van der Waals surface area contributed by atoms with E-state index in [1.807, 2.05) is 30.3 Å². The van der Waals surface area contributed by atoms with Crippen LogP contribution in [-0.4, -0.2) is 29.5 Å². The summed E-state index contributed by atoms with van der Waals surface area (Å²) >= 11 is 0. The first-order valence-corrected chi connectivity index (χ1v) is 9.79. The molecule has 28 heavy (non-hydrogen) atoms. The zero-order valence-electron chi connectivity index (χ0n) is 16.4. The van der Waals surface area contributed by atoms with Crippen molar-refractivity contribution < 1.29 is 9.59 Å². The first kappa shape index (κ1) is 19.9. The lowest BCUT2D eigenvalue weighted by atomic mass is 9.87. The molecular weight excluding hydrogens is 354 g/mol. The lowest BCUT2D eigenvalue weighted by Crippen LogP contribution is -2.39. The maximum atomic E-state index is 12.8. The molecule has 2 atom stereocenters. The van der Waals surface area contributed by atoms with Gasteiger partial charge in [-0.25, -0.2) is 0 Å². The smallest absolute Gasteiger partial charge is 0.263 e. The lowest BCUT2D eigenvalue weighted by Gasteiger charge is -2.27. The van der Waals surface area contributed by atoms with Crippen LogP contribution in [0.15, 0.2) is 47.4 Å². The van der Waals surface area contributed by atoms with Crippen LogP contribution in [0.5, 0.6) is 0 Å². The van der Waals surface area contributed by atoms with Gasteiger partial charge in [0.2, 0.25) is 0 Å². The summed E-state index contributed by atoms with van der Waals surface area (Å²) in [4.78, 5) is 37.8. The molecule has 6 heteroatoms. The normalized spacial score (nSPS) is 19.1. The summed E-state index contributed by atoms with van der Waals surface area (Å²) in [6, 6.07) is 11.0. The lowest BCUT2D eigenvalue weighted by molar-refractivity contribution is 0.0920.